The molecule has 1 fully saturated rings. The van der Waals surface area contributed by atoms with Gasteiger partial charge < -0.3 is 39.7 Å². The van der Waals surface area contributed by atoms with Gasteiger partial charge in [-0.25, -0.2) is 14.4 Å². The number of benzene rings is 1. The highest BCUT2D eigenvalue weighted by atomic mass is 16.6. The number of cyclic esters (lactones) is 1. The summed E-state index contributed by atoms with van der Waals surface area (Å²) in [5.41, 5.74) is -0.440. The maximum atomic E-state index is 12.0. The molecular formula is C14H14O11. The lowest BCUT2D eigenvalue weighted by molar-refractivity contribution is -0.164. The zero-order valence-corrected chi connectivity index (χ0v) is 12.6. The number of rotatable bonds is 4. The van der Waals surface area contributed by atoms with E-state index in [-0.39, 0.29) is 0 Å². The van der Waals surface area contributed by atoms with Crippen LogP contribution in [0.25, 0.3) is 0 Å². The molecule has 2 rings (SSSR count). The first-order valence-electron chi connectivity index (χ1n) is 6.77. The van der Waals surface area contributed by atoms with Gasteiger partial charge in [-0.3, -0.25) is 0 Å². The first-order valence-corrected chi connectivity index (χ1v) is 6.77. The number of carbonyl (C=O) groups excluding carboxylic acids is 3. The number of phenolic OH excluding ortho intramolecular Hbond substituents is 3. The van der Waals surface area contributed by atoms with Crippen LogP contribution in [0, 0.1) is 0 Å². The van der Waals surface area contributed by atoms with E-state index in [0.717, 1.165) is 19.2 Å². The van der Waals surface area contributed by atoms with E-state index in [4.69, 9.17) is 4.74 Å². The van der Waals surface area contributed by atoms with Crippen LogP contribution in [-0.2, 0) is 23.8 Å². The van der Waals surface area contributed by atoms with E-state index in [2.05, 4.69) is 9.47 Å². The minimum Gasteiger partial charge on any atom is -0.504 e. The molecule has 1 heterocycles. The molecule has 0 saturated carbocycles. The van der Waals surface area contributed by atoms with Crippen molar-refractivity contribution in [3.05, 3.63) is 17.7 Å². The topological polar surface area (TPSA) is 180 Å². The van der Waals surface area contributed by atoms with E-state index in [0.29, 0.717) is 0 Å². The SMILES string of the molecule is COC(=O)C(O)C1OC(=O)C(OC(=O)c2cc(O)c(O)c(O)c2)C1O. The molecule has 4 atom stereocenters. The Labute approximate surface area is 139 Å². The summed E-state index contributed by atoms with van der Waals surface area (Å²) in [5.74, 6) is -6.14. The van der Waals surface area contributed by atoms with E-state index in [1.165, 1.54) is 0 Å². The quantitative estimate of drug-likeness (QED) is 0.231. The van der Waals surface area contributed by atoms with Crippen molar-refractivity contribution < 1.29 is 54.1 Å². The third-order valence-electron chi connectivity index (χ3n) is 3.42. The monoisotopic (exact) mass is 358 g/mol. The molecule has 1 saturated heterocycles. The molecule has 4 unspecified atom stereocenters. The zero-order chi connectivity index (χ0) is 18.9. The van der Waals surface area contributed by atoms with Crippen LogP contribution in [0.15, 0.2) is 12.1 Å². The van der Waals surface area contributed by atoms with Crippen LogP contribution >= 0.6 is 0 Å². The highest BCUT2D eigenvalue weighted by Crippen LogP contribution is 2.35. The summed E-state index contributed by atoms with van der Waals surface area (Å²) in [4.78, 5) is 34.9. The summed E-state index contributed by atoms with van der Waals surface area (Å²) >= 11 is 0. The molecule has 0 spiro atoms. The van der Waals surface area contributed by atoms with Gasteiger partial charge in [-0.1, -0.05) is 0 Å². The summed E-state index contributed by atoms with van der Waals surface area (Å²) in [6.45, 7) is 0. The number of ether oxygens (including phenoxy) is 3. The number of carbonyl (C=O) groups is 3. The number of hydrogen-bond donors (Lipinski definition) is 5. The smallest absolute Gasteiger partial charge is 0.350 e. The maximum Gasteiger partial charge on any atom is 0.350 e. The van der Waals surface area contributed by atoms with Gasteiger partial charge in [0, 0.05) is 0 Å². The number of esters is 3. The third kappa shape index (κ3) is 3.41. The summed E-state index contributed by atoms with van der Waals surface area (Å²) < 4.78 is 13.6. The average Bonchev–Trinajstić information content (AvgIpc) is 2.85. The van der Waals surface area contributed by atoms with Crippen molar-refractivity contribution in [1.82, 2.24) is 0 Å². The number of aromatic hydroxyl groups is 3. The first kappa shape index (κ1) is 18.3. The second-order valence-electron chi connectivity index (χ2n) is 5.05. The normalized spacial score (nSPS) is 23.6. The van der Waals surface area contributed by atoms with Gasteiger partial charge in [0.1, 0.15) is 6.10 Å². The minimum absolute atomic E-state index is 0.440. The predicted octanol–water partition coefficient (Wildman–Crippen LogP) is -1.85. The van der Waals surface area contributed by atoms with Gasteiger partial charge in [-0.05, 0) is 12.1 Å². The largest absolute Gasteiger partial charge is 0.504 e. The summed E-state index contributed by atoms with van der Waals surface area (Å²) in [7, 11) is 0.968. The minimum atomic E-state index is -1.99. The van der Waals surface area contributed by atoms with Gasteiger partial charge in [0.05, 0.1) is 12.7 Å². The second-order valence-corrected chi connectivity index (χ2v) is 5.05. The number of hydrogen-bond acceptors (Lipinski definition) is 11. The molecule has 25 heavy (non-hydrogen) atoms. The van der Waals surface area contributed by atoms with Crippen LogP contribution < -0.4 is 0 Å². The summed E-state index contributed by atoms with van der Waals surface area (Å²) in [5, 5.41) is 47.5. The number of aliphatic hydroxyl groups is 2. The molecule has 1 aliphatic heterocycles. The Morgan fingerprint density at radius 2 is 1.76 bits per heavy atom. The Hall–Kier alpha value is -3.05. The Morgan fingerprint density at radius 3 is 2.28 bits per heavy atom. The molecule has 5 N–H and O–H groups in total. The van der Waals surface area contributed by atoms with Gasteiger partial charge in [-0.2, -0.15) is 0 Å². The maximum absolute atomic E-state index is 12.0. The van der Waals surface area contributed by atoms with Gasteiger partial charge in [-0.15, -0.1) is 0 Å². The number of phenols is 3. The van der Waals surface area contributed by atoms with E-state index < -0.39 is 65.1 Å². The fourth-order valence-corrected chi connectivity index (χ4v) is 2.11. The molecule has 11 nitrogen and oxygen atoms in total. The molecule has 0 radical (unpaired) electrons. The predicted molar refractivity (Wildman–Crippen MR) is 74.5 cm³/mol. The van der Waals surface area contributed by atoms with Crippen molar-refractivity contribution in [2.24, 2.45) is 0 Å². The molecule has 0 bridgehead atoms. The molecule has 136 valence electrons. The lowest BCUT2D eigenvalue weighted by Gasteiger charge is -2.18. The first-order chi connectivity index (χ1) is 11.7. The standard InChI is InChI=1S/C14H14O11/c1-23-13(21)9(19)10-8(18)11(14(22)24-10)25-12(20)4-2-5(15)7(17)6(16)3-4/h2-3,8-11,15-19H,1H3. The lowest BCUT2D eigenvalue weighted by atomic mass is 10.1. The lowest BCUT2D eigenvalue weighted by Crippen LogP contribution is -2.44. The number of methoxy groups -OCH3 is 1. The van der Waals surface area contributed by atoms with Crippen LogP contribution in [0.2, 0.25) is 0 Å². The van der Waals surface area contributed by atoms with Crippen LogP contribution in [0.1, 0.15) is 10.4 Å². The molecule has 0 aliphatic carbocycles. The van der Waals surface area contributed by atoms with E-state index >= 15 is 0 Å². The molecule has 0 amide bonds. The van der Waals surface area contributed by atoms with Crippen molar-refractivity contribution in [3.8, 4) is 17.2 Å². The van der Waals surface area contributed by atoms with Crippen molar-refractivity contribution in [3.63, 3.8) is 0 Å². The van der Waals surface area contributed by atoms with Crippen molar-refractivity contribution in [2.45, 2.75) is 24.4 Å². The van der Waals surface area contributed by atoms with Gasteiger partial charge in [0.25, 0.3) is 0 Å². The number of aliphatic hydroxyl groups excluding tert-OH is 2. The summed E-state index contributed by atoms with van der Waals surface area (Å²) in [6.07, 6.45) is -7.44. The highest BCUT2D eigenvalue weighted by molar-refractivity contribution is 5.93. The molecule has 1 aromatic carbocycles. The van der Waals surface area contributed by atoms with Gasteiger partial charge in [0.15, 0.2) is 29.5 Å². The molecule has 1 aliphatic rings. The Morgan fingerprint density at radius 1 is 1.20 bits per heavy atom. The van der Waals surface area contributed by atoms with Gasteiger partial charge in [0.2, 0.25) is 6.10 Å². The fraction of sp³-hybridized carbons (Fsp3) is 0.357. The highest BCUT2D eigenvalue weighted by Gasteiger charge is 2.51. The van der Waals surface area contributed by atoms with Crippen molar-refractivity contribution in [1.29, 1.82) is 0 Å². The third-order valence-corrected chi connectivity index (χ3v) is 3.42. The second kappa shape index (κ2) is 6.83. The summed E-state index contributed by atoms with van der Waals surface area (Å²) in [6, 6.07) is 1.51. The van der Waals surface area contributed by atoms with Gasteiger partial charge >= 0.3 is 17.9 Å². The Kier molecular flexibility index (Phi) is 4.99. The van der Waals surface area contributed by atoms with Crippen LogP contribution in [0.4, 0.5) is 0 Å². The molecular weight excluding hydrogens is 344 g/mol. The van der Waals surface area contributed by atoms with E-state index in [9.17, 15) is 39.9 Å². The zero-order valence-electron chi connectivity index (χ0n) is 12.6. The fourth-order valence-electron chi connectivity index (χ4n) is 2.11. The van der Waals surface area contributed by atoms with Crippen molar-refractivity contribution in [2.75, 3.05) is 7.11 Å². The average molecular weight is 358 g/mol. The van der Waals surface area contributed by atoms with Crippen LogP contribution in [0.5, 0.6) is 17.2 Å². The van der Waals surface area contributed by atoms with E-state index in [1.807, 2.05) is 0 Å². The van der Waals surface area contributed by atoms with E-state index in [1.54, 1.807) is 0 Å². The molecule has 1 aromatic rings. The Bertz CT molecular complexity index is 690. The van der Waals surface area contributed by atoms with Crippen molar-refractivity contribution >= 4 is 17.9 Å². The molecule has 0 aromatic heterocycles. The van der Waals surface area contributed by atoms with Crippen LogP contribution in [-0.4, -0.2) is 75.0 Å². The molecule has 11 heteroatoms. The van der Waals surface area contributed by atoms with Crippen LogP contribution in [0.3, 0.4) is 0 Å². The Balaban J connectivity index is 2.16.